The molecule has 30 heavy (non-hydrogen) atoms. The highest BCUT2D eigenvalue weighted by Gasteiger charge is 2.09. The number of hydrogen-bond donors (Lipinski definition) is 4. The van der Waals surface area contributed by atoms with Crippen LogP contribution in [0, 0.1) is 0 Å². The van der Waals surface area contributed by atoms with E-state index in [1.54, 1.807) is 47.8 Å². The fraction of sp³-hybridized carbons (Fsp3) is 0.136. The molecule has 0 atom stereocenters. The number of anilines is 3. The molecule has 0 aliphatic heterocycles. The summed E-state index contributed by atoms with van der Waals surface area (Å²) in [6.07, 6.45) is 0.943. The van der Waals surface area contributed by atoms with Crippen molar-refractivity contribution >= 4 is 45.3 Å². The summed E-state index contributed by atoms with van der Waals surface area (Å²) < 4.78 is 0. The molecule has 2 aromatic carbocycles. The van der Waals surface area contributed by atoms with Gasteiger partial charge in [-0.1, -0.05) is 24.3 Å². The minimum absolute atomic E-state index is 0.0467. The quantitative estimate of drug-likeness (QED) is 0.394. The summed E-state index contributed by atoms with van der Waals surface area (Å²) in [6, 6.07) is 15.8. The molecule has 6 N–H and O–H groups in total. The number of benzene rings is 2. The van der Waals surface area contributed by atoms with Gasteiger partial charge >= 0.3 is 0 Å². The van der Waals surface area contributed by atoms with Crippen molar-refractivity contribution in [1.82, 2.24) is 0 Å². The van der Waals surface area contributed by atoms with Gasteiger partial charge in [-0.3, -0.25) is 14.4 Å². The molecule has 1 heterocycles. The van der Waals surface area contributed by atoms with Crippen LogP contribution in [0.4, 0.5) is 16.4 Å². The summed E-state index contributed by atoms with van der Waals surface area (Å²) in [6.45, 7) is 0.178. The first-order chi connectivity index (χ1) is 14.4. The van der Waals surface area contributed by atoms with E-state index in [2.05, 4.69) is 10.6 Å². The molecule has 0 aliphatic carbocycles. The molecule has 3 rings (SSSR count). The van der Waals surface area contributed by atoms with Crippen molar-refractivity contribution in [3.63, 3.8) is 0 Å². The van der Waals surface area contributed by atoms with Gasteiger partial charge in [0, 0.05) is 17.4 Å². The van der Waals surface area contributed by atoms with E-state index < -0.39 is 5.91 Å². The van der Waals surface area contributed by atoms with Gasteiger partial charge in [-0.05, 0) is 42.3 Å². The third-order valence-corrected chi connectivity index (χ3v) is 5.35. The normalized spacial score (nSPS) is 10.4. The Morgan fingerprint density at radius 2 is 1.70 bits per heavy atom. The lowest BCUT2D eigenvalue weighted by Crippen LogP contribution is -2.14. The average molecular weight is 423 g/mol. The van der Waals surface area contributed by atoms with Gasteiger partial charge in [0.25, 0.3) is 5.91 Å². The predicted molar refractivity (Wildman–Crippen MR) is 120 cm³/mol. The largest absolute Gasteiger partial charge is 0.397 e. The topological polar surface area (TPSA) is 127 Å². The maximum atomic E-state index is 12.4. The molecule has 7 nitrogen and oxygen atoms in total. The number of nitrogens with two attached hydrogens (primary N) is 2. The Morgan fingerprint density at radius 1 is 0.967 bits per heavy atom. The summed E-state index contributed by atoms with van der Waals surface area (Å²) in [7, 11) is 0. The Hall–Kier alpha value is -3.65. The fourth-order valence-electron chi connectivity index (χ4n) is 2.74. The van der Waals surface area contributed by atoms with Gasteiger partial charge in [-0.2, -0.15) is 0 Å². The summed E-state index contributed by atoms with van der Waals surface area (Å²) in [5.41, 5.74) is 14.0. The maximum Gasteiger partial charge on any atom is 0.255 e. The summed E-state index contributed by atoms with van der Waals surface area (Å²) in [4.78, 5) is 35.6. The molecular weight excluding hydrogens is 400 g/mol. The number of amides is 2. The molecule has 0 spiro atoms. The number of para-hydroxylation sites is 2. The van der Waals surface area contributed by atoms with Crippen LogP contribution < -0.4 is 22.1 Å². The molecular formula is C22H22N4O3S. The van der Waals surface area contributed by atoms with E-state index in [9.17, 15) is 14.4 Å². The van der Waals surface area contributed by atoms with Crippen LogP contribution in [0.3, 0.4) is 0 Å². The second-order valence-electron chi connectivity index (χ2n) is 6.69. The van der Waals surface area contributed by atoms with E-state index >= 15 is 0 Å². The monoisotopic (exact) mass is 422 g/mol. The number of thiophene rings is 1. The molecule has 0 bridgehead atoms. The van der Waals surface area contributed by atoms with Crippen LogP contribution in [0.2, 0.25) is 0 Å². The highest BCUT2D eigenvalue weighted by Crippen LogP contribution is 2.20. The van der Waals surface area contributed by atoms with E-state index in [1.165, 1.54) is 11.3 Å². The zero-order valence-electron chi connectivity index (χ0n) is 16.2. The molecule has 3 aromatic rings. The van der Waals surface area contributed by atoms with Crippen LogP contribution in [-0.2, 0) is 11.2 Å². The Morgan fingerprint density at radius 3 is 2.37 bits per heavy atom. The summed E-state index contributed by atoms with van der Waals surface area (Å²) >= 11 is 1.33. The van der Waals surface area contributed by atoms with E-state index in [-0.39, 0.29) is 18.2 Å². The number of hydrogen-bond acceptors (Lipinski definition) is 6. The van der Waals surface area contributed by atoms with Gasteiger partial charge in [0.05, 0.1) is 28.5 Å². The first-order valence-electron chi connectivity index (χ1n) is 9.31. The maximum absolute atomic E-state index is 12.4. The van der Waals surface area contributed by atoms with Crippen LogP contribution >= 0.6 is 11.3 Å². The first-order valence-corrected chi connectivity index (χ1v) is 10.2. The van der Waals surface area contributed by atoms with Crippen molar-refractivity contribution in [1.29, 1.82) is 0 Å². The van der Waals surface area contributed by atoms with E-state index in [1.807, 2.05) is 12.1 Å². The number of aryl methyl sites for hydroxylation is 1. The minimum atomic E-state index is -0.491. The summed E-state index contributed by atoms with van der Waals surface area (Å²) in [5.74, 6) is -0.689. The fourth-order valence-corrected chi connectivity index (χ4v) is 3.53. The molecule has 0 fully saturated rings. The number of nitrogens with one attached hydrogen (secondary N) is 2. The Bertz CT molecular complexity index is 1060. The van der Waals surface area contributed by atoms with Gasteiger partial charge in [0.2, 0.25) is 5.91 Å². The molecule has 0 radical (unpaired) electrons. The van der Waals surface area contributed by atoms with Gasteiger partial charge in [0.15, 0.2) is 5.78 Å². The molecule has 0 aliphatic rings. The molecule has 1 aromatic heterocycles. The summed E-state index contributed by atoms with van der Waals surface area (Å²) in [5, 5.41) is 8.17. The third kappa shape index (κ3) is 5.68. The van der Waals surface area contributed by atoms with E-state index in [0.29, 0.717) is 35.3 Å². The Kier molecular flexibility index (Phi) is 6.82. The smallest absolute Gasteiger partial charge is 0.255 e. The first kappa shape index (κ1) is 21.1. The van der Waals surface area contributed by atoms with E-state index in [0.717, 1.165) is 10.6 Å². The number of rotatable bonds is 9. The van der Waals surface area contributed by atoms with Crippen molar-refractivity contribution in [2.75, 3.05) is 22.9 Å². The van der Waals surface area contributed by atoms with Gasteiger partial charge in [0.1, 0.15) is 0 Å². The molecule has 0 unspecified atom stereocenters. The number of nitrogen functional groups attached to an aromatic ring is 1. The van der Waals surface area contributed by atoms with Crippen molar-refractivity contribution < 1.29 is 14.4 Å². The second kappa shape index (κ2) is 9.71. The van der Waals surface area contributed by atoms with Crippen molar-refractivity contribution in [3.8, 4) is 0 Å². The molecule has 0 saturated carbocycles. The predicted octanol–water partition coefficient (Wildman–Crippen LogP) is 3.30. The number of primary amides is 1. The second-order valence-corrected chi connectivity index (χ2v) is 7.61. The minimum Gasteiger partial charge on any atom is -0.397 e. The third-order valence-electron chi connectivity index (χ3n) is 4.46. The zero-order chi connectivity index (χ0) is 21.5. The number of carbonyl (C=O) groups excluding carboxylic acids is 3. The number of ketones is 1. The molecule has 154 valence electrons. The van der Waals surface area contributed by atoms with Crippen LogP contribution in [0.15, 0.2) is 60.0 Å². The van der Waals surface area contributed by atoms with Crippen molar-refractivity contribution in [2.45, 2.75) is 12.8 Å². The highest BCUT2D eigenvalue weighted by molar-refractivity contribution is 7.14. The van der Waals surface area contributed by atoms with E-state index in [4.69, 9.17) is 11.5 Å². The van der Waals surface area contributed by atoms with Crippen LogP contribution in [0.25, 0.3) is 0 Å². The standard InChI is InChI=1S/C22H22N4O3S/c23-18-3-1-2-4-19(18)26-22(29)15-8-5-14(6-9-15)7-10-17(27)12-25-20-11-16(13-30-20)21(24)28/h1-6,8-9,11,13,25H,7,10,12,23H2,(H2,24,28)(H,26,29). The number of Topliss-reactive ketones (excluding diaryl/α,β-unsaturated/α-hetero) is 1. The van der Waals surface area contributed by atoms with Gasteiger partial charge in [-0.15, -0.1) is 11.3 Å². The van der Waals surface area contributed by atoms with Crippen LogP contribution in [0.5, 0.6) is 0 Å². The molecule has 8 heteroatoms. The van der Waals surface area contributed by atoms with Crippen LogP contribution in [0.1, 0.15) is 32.7 Å². The zero-order valence-corrected chi connectivity index (χ0v) is 17.0. The lowest BCUT2D eigenvalue weighted by atomic mass is 10.1. The highest BCUT2D eigenvalue weighted by atomic mass is 32.1. The Labute approximate surface area is 178 Å². The molecule has 0 saturated heterocycles. The number of carbonyl (C=O) groups is 3. The lowest BCUT2D eigenvalue weighted by molar-refractivity contribution is -0.117. The molecule has 2 amide bonds. The van der Waals surface area contributed by atoms with Gasteiger partial charge in [-0.25, -0.2) is 0 Å². The average Bonchev–Trinajstić information content (AvgIpc) is 3.22. The van der Waals surface area contributed by atoms with Crippen LogP contribution in [-0.4, -0.2) is 24.1 Å². The Balaban J connectivity index is 1.46. The van der Waals surface area contributed by atoms with Crippen molar-refractivity contribution in [3.05, 3.63) is 76.7 Å². The van der Waals surface area contributed by atoms with Crippen molar-refractivity contribution in [2.24, 2.45) is 5.73 Å². The SMILES string of the molecule is NC(=O)c1csc(NCC(=O)CCc2ccc(C(=O)Nc3ccccc3N)cc2)c1. The lowest BCUT2D eigenvalue weighted by Gasteiger charge is -2.08. The van der Waals surface area contributed by atoms with Gasteiger partial charge < -0.3 is 22.1 Å².